The van der Waals surface area contributed by atoms with Gasteiger partial charge in [0.05, 0.1) is 13.7 Å². The Morgan fingerprint density at radius 2 is 1.96 bits per heavy atom. The Morgan fingerprint density at radius 1 is 1.24 bits per heavy atom. The largest absolute Gasteiger partial charge is 0.497 e. The average molecular weight is 464 g/mol. The zero-order valence-electron chi connectivity index (χ0n) is 16.0. The second-order valence-electron chi connectivity index (χ2n) is 5.65. The van der Waals surface area contributed by atoms with Crippen molar-refractivity contribution in [1.29, 1.82) is 0 Å². The van der Waals surface area contributed by atoms with Crippen LogP contribution in [0.5, 0.6) is 11.5 Å². The van der Waals surface area contributed by atoms with Crippen LogP contribution < -0.4 is 20.1 Å². The SMILES string of the molecule is CCNC(=NCC(C)Oc1cccc(OC)c1)NCCN(C)CC.I. The van der Waals surface area contributed by atoms with Gasteiger partial charge in [0.15, 0.2) is 5.96 Å². The van der Waals surface area contributed by atoms with Gasteiger partial charge in [-0.2, -0.15) is 0 Å². The Kier molecular flexibility index (Phi) is 13.3. The van der Waals surface area contributed by atoms with Crippen LogP contribution in [0.4, 0.5) is 0 Å². The molecule has 0 radical (unpaired) electrons. The molecule has 1 rings (SSSR count). The smallest absolute Gasteiger partial charge is 0.191 e. The van der Waals surface area contributed by atoms with Crippen molar-refractivity contribution in [3.8, 4) is 11.5 Å². The molecular formula is C18H33IN4O2. The molecule has 7 heteroatoms. The van der Waals surface area contributed by atoms with Gasteiger partial charge in [0.25, 0.3) is 0 Å². The normalized spacial score (nSPS) is 12.3. The van der Waals surface area contributed by atoms with Crippen LogP contribution in [0.25, 0.3) is 0 Å². The van der Waals surface area contributed by atoms with Crippen LogP contribution >= 0.6 is 24.0 Å². The van der Waals surface area contributed by atoms with Gasteiger partial charge in [0.2, 0.25) is 0 Å². The number of nitrogens with one attached hydrogen (secondary N) is 2. The van der Waals surface area contributed by atoms with E-state index in [0.717, 1.165) is 43.6 Å². The summed E-state index contributed by atoms with van der Waals surface area (Å²) < 4.78 is 11.1. The van der Waals surface area contributed by atoms with E-state index in [9.17, 15) is 0 Å². The van der Waals surface area contributed by atoms with Crippen molar-refractivity contribution in [2.24, 2.45) is 4.99 Å². The van der Waals surface area contributed by atoms with Crippen LogP contribution in [0.1, 0.15) is 20.8 Å². The molecule has 0 heterocycles. The maximum atomic E-state index is 5.89. The molecule has 6 nitrogen and oxygen atoms in total. The lowest BCUT2D eigenvalue weighted by molar-refractivity contribution is 0.229. The summed E-state index contributed by atoms with van der Waals surface area (Å²) >= 11 is 0. The van der Waals surface area contributed by atoms with Crippen molar-refractivity contribution in [2.45, 2.75) is 26.9 Å². The molecule has 25 heavy (non-hydrogen) atoms. The first kappa shape index (κ1) is 23.8. The van der Waals surface area contributed by atoms with Crippen molar-refractivity contribution in [1.82, 2.24) is 15.5 Å². The molecule has 0 fully saturated rings. The lowest BCUT2D eigenvalue weighted by Crippen LogP contribution is -2.41. The summed E-state index contributed by atoms with van der Waals surface area (Å²) in [6.07, 6.45) is -0.0223. The molecular weight excluding hydrogens is 431 g/mol. The van der Waals surface area contributed by atoms with Gasteiger partial charge < -0.3 is 25.0 Å². The van der Waals surface area contributed by atoms with E-state index >= 15 is 0 Å². The molecule has 0 aliphatic carbocycles. The molecule has 1 atom stereocenters. The number of benzene rings is 1. The Balaban J connectivity index is 0.00000576. The number of methoxy groups -OCH3 is 1. The third kappa shape index (κ3) is 10.4. The summed E-state index contributed by atoms with van der Waals surface area (Å²) in [7, 11) is 3.76. The summed E-state index contributed by atoms with van der Waals surface area (Å²) in [6.45, 7) is 10.5. The maximum absolute atomic E-state index is 5.89. The monoisotopic (exact) mass is 464 g/mol. The Bertz CT molecular complexity index is 500. The molecule has 0 bridgehead atoms. The lowest BCUT2D eigenvalue weighted by Gasteiger charge is -2.17. The fraction of sp³-hybridized carbons (Fsp3) is 0.611. The van der Waals surface area contributed by atoms with Crippen molar-refractivity contribution >= 4 is 29.9 Å². The molecule has 0 amide bonds. The Labute approximate surface area is 169 Å². The fourth-order valence-electron chi connectivity index (χ4n) is 2.03. The van der Waals surface area contributed by atoms with Crippen LogP contribution in [0.2, 0.25) is 0 Å². The molecule has 144 valence electrons. The van der Waals surface area contributed by atoms with E-state index in [1.807, 2.05) is 31.2 Å². The van der Waals surface area contributed by atoms with Crippen LogP contribution in [-0.2, 0) is 0 Å². The summed E-state index contributed by atoms with van der Waals surface area (Å²) in [5, 5.41) is 6.60. The topological polar surface area (TPSA) is 58.1 Å². The highest BCUT2D eigenvalue weighted by molar-refractivity contribution is 14.0. The molecule has 0 aromatic heterocycles. The standard InChI is InChI=1S/C18H32N4O2.HI/c1-6-19-18(20-11-12-22(4)7-2)21-14-15(3)24-17-10-8-9-16(13-17)23-5;/h8-10,13,15H,6-7,11-12,14H2,1-5H3,(H2,19,20,21);1H. The van der Waals surface area contributed by atoms with E-state index in [-0.39, 0.29) is 30.1 Å². The van der Waals surface area contributed by atoms with Crippen LogP contribution in [0.15, 0.2) is 29.3 Å². The Hall–Kier alpha value is -1.22. The highest BCUT2D eigenvalue weighted by Crippen LogP contribution is 2.19. The van der Waals surface area contributed by atoms with Gasteiger partial charge in [0.1, 0.15) is 17.6 Å². The van der Waals surface area contributed by atoms with E-state index in [1.54, 1.807) is 7.11 Å². The quantitative estimate of drug-likeness (QED) is 0.317. The third-order valence-corrected chi connectivity index (χ3v) is 3.56. The first-order valence-electron chi connectivity index (χ1n) is 8.60. The minimum absolute atomic E-state index is 0. The number of ether oxygens (including phenoxy) is 2. The summed E-state index contributed by atoms with van der Waals surface area (Å²) in [5.41, 5.74) is 0. The first-order valence-corrected chi connectivity index (χ1v) is 8.60. The minimum Gasteiger partial charge on any atom is -0.497 e. The first-order chi connectivity index (χ1) is 11.6. The number of halogens is 1. The van der Waals surface area contributed by atoms with Crippen molar-refractivity contribution in [2.75, 3.05) is 46.9 Å². The lowest BCUT2D eigenvalue weighted by atomic mass is 10.3. The zero-order chi connectivity index (χ0) is 17.8. The number of hydrogen-bond acceptors (Lipinski definition) is 4. The number of hydrogen-bond donors (Lipinski definition) is 2. The summed E-state index contributed by atoms with van der Waals surface area (Å²) in [6, 6.07) is 7.62. The number of aliphatic imine (C=N–C) groups is 1. The molecule has 1 aromatic rings. The van der Waals surface area contributed by atoms with Crippen molar-refractivity contribution < 1.29 is 9.47 Å². The number of likely N-dealkylation sites (N-methyl/N-ethyl adjacent to an activating group) is 1. The molecule has 1 aromatic carbocycles. The molecule has 0 aliphatic rings. The van der Waals surface area contributed by atoms with Gasteiger partial charge in [-0.25, -0.2) is 4.99 Å². The van der Waals surface area contributed by atoms with E-state index in [0.29, 0.717) is 6.54 Å². The van der Waals surface area contributed by atoms with Gasteiger partial charge >= 0.3 is 0 Å². The third-order valence-electron chi connectivity index (χ3n) is 3.56. The second-order valence-corrected chi connectivity index (χ2v) is 5.65. The van der Waals surface area contributed by atoms with Crippen LogP contribution in [0.3, 0.4) is 0 Å². The van der Waals surface area contributed by atoms with Gasteiger partial charge in [-0.15, -0.1) is 24.0 Å². The zero-order valence-corrected chi connectivity index (χ0v) is 18.4. The predicted octanol–water partition coefficient (Wildman–Crippen LogP) is 2.59. The number of rotatable bonds is 10. The highest BCUT2D eigenvalue weighted by Gasteiger charge is 2.06. The summed E-state index contributed by atoms with van der Waals surface area (Å²) in [5.74, 6) is 2.40. The van der Waals surface area contributed by atoms with E-state index in [4.69, 9.17) is 9.47 Å². The second kappa shape index (κ2) is 14.0. The van der Waals surface area contributed by atoms with E-state index in [1.165, 1.54) is 0 Å². The average Bonchev–Trinajstić information content (AvgIpc) is 2.59. The van der Waals surface area contributed by atoms with E-state index < -0.39 is 0 Å². The van der Waals surface area contributed by atoms with Gasteiger partial charge in [-0.05, 0) is 39.6 Å². The van der Waals surface area contributed by atoms with Gasteiger partial charge in [-0.3, -0.25) is 0 Å². The van der Waals surface area contributed by atoms with Gasteiger partial charge in [0, 0.05) is 25.7 Å². The van der Waals surface area contributed by atoms with Crippen LogP contribution in [-0.4, -0.2) is 63.8 Å². The summed E-state index contributed by atoms with van der Waals surface area (Å²) in [4.78, 5) is 6.85. The molecule has 1 unspecified atom stereocenters. The fourth-order valence-corrected chi connectivity index (χ4v) is 2.03. The number of nitrogens with zero attached hydrogens (tertiary/aromatic N) is 2. The molecule has 0 aliphatic heterocycles. The van der Waals surface area contributed by atoms with Gasteiger partial charge in [-0.1, -0.05) is 13.0 Å². The van der Waals surface area contributed by atoms with Crippen LogP contribution in [0, 0.1) is 0 Å². The maximum Gasteiger partial charge on any atom is 0.191 e. The molecule has 0 saturated carbocycles. The molecule has 0 spiro atoms. The predicted molar refractivity (Wildman–Crippen MR) is 116 cm³/mol. The Morgan fingerprint density at radius 3 is 2.60 bits per heavy atom. The number of guanidine groups is 1. The molecule has 0 saturated heterocycles. The molecule has 2 N–H and O–H groups in total. The van der Waals surface area contributed by atoms with E-state index in [2.05, 4.69) is 41.4 Å². The highest BCUT2D eigenvalue weighted by atomic mass is 127. The van der Waals surface area contributed by atoms with Crippen molar-refractivity contribution in [3.05, 3.63) is 24.3 Å². The minimum atomic E-state index is -0.0223. The van der Waals surface area contributed by atoms with Crippen molar-refractivity contribution in [3.63, 3.8) is 0 Å².